The van der Waals surface area contributed by atoms with E-state index >= 15 is 0 Å². The Morgan fingerprint density at radius 2 is 2.15 bits per heavy atom. The number of hydrogen-bond donors (Lipinski definition) is 1. The summed E-state index contributed by atoms with van der Waals surface area (Å²) in [5, 5.41) is 0. The van der Waals surface area contributed by atoms with Gasteiger partial charge >= 0.3 is 0 Å². The van der Waals surface area contributed by atoms with Crippen LogP contribution in [-0.4, -0.2) is 30.0 Å². The second kappa shape index (κ2) is 5.55. The Kier molecular flexibility index (Phi) is 4.67. The van der Waals surface area contributed by atoms with Crippen LogP contribution in [0.1, 0.15) is 32.1 Å². The third-order valence-electron chi connectivity index (χ3n) is 2.48. The van der Waals surface area contributed by atoms with E-state index in [1.807, 2.05) is 0 Å². The van der Waals surface area contributed by atoms with E-state index in [2.05, 4.69) is 11.9 Å². The quantitative estimate of drug-likeness (QED) is 0.502. The highest BCUT2D eigenvalue weighted by Crippen LogP contribution is 2.29. The van der Waals surface area contributed by atoms with Gasteiger partial charge in [-0.2, -0.15) is 0 Å². The van der Waals surface area contributed by atoms with E-state index in [1.54, 1.807) is 0 Å². The van der Waals surface area contributed by atoms with Gasteiger partial charge in [0.1, 0.15) is 0 Å². The molecule has 0 radical (unpaired) electrons. The summed E-state index contributed by atoms with van der Waals surface area (Å²) >= 11 is 4.82. The second-order valence-corrected chi connectivity index (χ2v) is 4.65. The molecular formula is C10H20N2S. The molecule has 1 aliphatic rings. The summed E-state index contributed by atoms with van der Waals surface area (Å²) < 4.78 is 0. The lowest BCUT2D eigenvalue weighted by Gasteiger charge is -2.15. The minimum absolute atomic E-state index is 0.657. The summed E-state index contributed by atoms with van der Waals surface area (Å²) in [6.45, 7) is 2.48. The molecule has 0 aliphatic heterocycles. The average Bonchev–Trinajstić information content (AvgIpc) is 2.81. The van der Waals surface area contributed by atoms with Gasteiger partial charge in [-0.25, -0.2) is 0 Å². The van der Waals surface area contributed by atoms with Crippen LogP contribution in [-0.2, 0) is 0 Å². The average molecular weight is 200 g/mol. The largest absolute Gasteiger partial charge is 0.393 e. The Morgan fingerprint density at radius 1 is 1.46 bits per heavy atom. The zero-order valence-electron chi connectivity index (χ0n) is 8.46. The van der Waals surface area contributed by atoms with Gasteiger partial charge < -0.3 is 10.6 Å². The molecule has 0 bridgehead atoms. The summed E-state index contributed by atoms with van der Waals surface area (Å²) in [6, 6.07) is 0. The van der Waals surface area contributed by atoms with Crippen molar-refractivity contribution < 1.29 is 0 Å². The lowest BCUT2D eigenvalue weighted by molar-refractivity contribution is 0.314. The third kappa shape index (κ3) is 5.99. The fourth-order valence-electron chi connectivity index (χ4n) is 1.51. The Morgan fingerprint density at radius 3 is 2.69 bits per heavy atom. The molecule has 2 N–H and O–H groups in total. The van der Waals surface area contributed by atoms with E-state index in [0.29, 0.717) is 4.99 Å². The van der Waals surface area contributed by atoms with Crippen LogP contribution in [0.15, 0.2) is 0 Å². The standard InChI is InChI=1S/C10H20N2S/c1-12(8-9-5-6-9)7-3-2-4-10(11)13/h9H,2-8H2,1H3,(H2,11,13). The number of nitrogens with zero attached hydrogens (tertiary/aromatic N) is 1. The van der Waals surface area contributed by atoms with E-state index in [0.717, 1.165) is 18.8 Å². The highest BCUT2D eigenvalue weighted by atomic mass is 32.1. The molecule has 0 aromatic carbocycles. The van der Waals surface area contributed by atoms with Crippen LogP contribution in [0.2, 0.25) is 0 Å². The molecule has 0 heterocycles. The molecule has 1 rings (SSSR count). The number of unbranched alkanes of at least 4 members (excludes halogenated alkanes) is 1. The smallest absolute Gasteiger partial charge is 0.0727 e. The van der Waals surface area contributed by atoms with Crippen LogP contribution in [0.3, 0.4) is 0 Å². The third-order valence-corrected chi connectivity index (χ3v) is 2.68. The molecule has 0 unspecified atom stereocenters. The van der Waals surface area contributed by atoms with Crippen LogP contribution in [0.25, 0.3) is 0 Å². The van der Waals surface area contributed by atoms with Crippen LogP contribution in [0.4, 0.5) is 0 Å². The van der Waals surface area contributed by atoms with Crippen molar-refractivity contribution in [3.63, 3.8) is 0 Å². The SMILES string of the molecule is CN(CCCCC(N)=S)CC1CC1. The minimum Gasteiger partial charge on any atom is -0.393 e. The molecule has 0 spiro atoms. The number of hydrogen-bond acceptors (Lipinski definition) is 2. The summed E-state index contributed by atoms with van der Waals surface area (Å²) in [5.41, 5.74) is 5.42. The fourth-order valence-corrected chi connectivity index (χ4v) is 1.66. The van der Waals surface area contributed by atoms with Gasteiger partial charge in [-0.15, -0.1) is 0 Å². The minimum atomic E-state index is 0.657. The maximum atomic E-state index is 5.42. The summed E-state index contributed by atoms with van der Waals surface area (Å²) in [5.74, 6) is 1.00. The first-order valence-electron chi connectivity index (χ1n) is 5.15. The molecule has 3 heteroatoms. The van der Waals surface area contributed by atoms with Gasteiger partial charge in [-0.3, -0.25) is 0 Å². The lowest BCUT2D eigenvalue weighted by atomic mass is 10.2. The molecule has 0 aromatic rings. The van der Waals surface area contributed by atoms with Crippen molar-refractivity contribution in [1.29, 1.82) is 0 Å². The molecule has 13 heavy (non-hydrogen) atoms. The Labute approximate surface area is 86.5 Å². The van der Waals surface area contributed by atoms with Crippen LogP contribution in [0.5, 0.6) is 0 Å². The van der Waals surface area contributed by atoms with Gasteiger partial charge in [0.05, 0.1) is 4.99 Å². The fraction of sp³-hybridized carbons (Fsp3) is 0.900. The Bertz CT molecular complexity index is 166. The van der Waals surface area contributed by atoms with Crippen molar-refractivity contribution in [2.75, 3.05) is 20.1 Å². The molecule has 76 valence electrons. The van der Waals surface area contributed by atoms with Crippen molar-refractivity contribution in [2.45, 2.75) is 32.1 Å². The molecule has 2 nitrogen and oxygen atoms in total. The molecule has 0 atom stereocenters. The first-order valence-corrected chi connectivity index (χ1v) is 5.56. The Balaban J connectivity index is 1.88. The van der Waals surface area contributed by atoms with E-state index in [1.165, 1.54) is 32.4 Å². The van der Waals surface area contributed by atoms with Gasteiger partial charge in [0.25, 0.3) is 0 Å². The van der Waals surface area contributed by atoms with Gasteiger partial charge in [0.2, 0.25) is 0 Å². The van der Waals surface area contributed by atoms with Gasteiger partial charge in [-0.1, -0.05) is 12.2 Å². The maximum Gasteiger partial charge on any atom is 0.0727 e. The summed E-state index contributed by atoms with van der Waals surface area (Å²) in [7, 11) is 2.21. The predicted octanol–water partition coefficient (Wildman–Crippen LogP) is 1.78. The Hall–Kier alpha value is -0.150. The molecule has 0 amide bonds. The molecule has 0 saturated heterocycles. The van der Waals surface area contributed by atoms with Gasteiger partial charge in [-0.05, 0) is 51.6 Å². The van der Waals surface area contributed by atoms with Crippen LogP contribution < -0.4 is 5.73 Å². The molecule has 0 aromatic heterocycles. The van der Waals surface area contributed by atoms with E-state index in [-0.39, 0.29) is 0 Å². The predicted molar refractivity (Wildman–Crippen MR) is 60.9 cm³/mol. The number of nitrogens with two attached hydrogens (primary N) is 1. The molecular weight excluding hydrogens is 180 g/mol. The number of thiocarbonyl (C=S) groups is 1. The monoisotopic (exact) mass is 200 g/mol. The second-order valence-electron chi connectivity index (χ2n) is 4.13. The van der Waals surface area contributed by atoms with Crippen molar-refractivity contribution in [1.82, 2.24) is 4.90 Å². The van der Waals surface area contributed by atoms with Crippen molar-refractivity contribution in [2.24, 2.45) is 11.7 Å². The van der Waals surface area contributed by atoms with Crippen LogP contribution >= 0.6 is 12.2 Å². The van der Waals surface area contributed by atoms with Crippen LogP contribution in [0, 0.1) is 5.92 Å². The zero-order valence-corrected chi connectivity index (χ0v) is 9.28. The van der Waals surface area contributed by atoms with E-state index < -0.39 is 0 Å². The van der Waals surface area contributed by atoms with E-state index in [9.17, 15) is 0 Å². The normalized spacial score (nSPS) is 16.5. The molecule has 1 fully saturated rings. The summed E-state index contributed by atoms with van der Waals surface area (Å²) in [6.07, 6.45) is 6.16. The van der Waals surface area contributed by atoms with Gasteiger partial charge in [0.15, 0.2) is 0 Å². The molecule has 1 aliphatic carbocycles. The lowest BCUT2D eigenvalue weighted by Crippen LogP contribution is -2.22. The van der Waals surface area contributed by atoms with Crippen molar-refractivity contribution in [3.8, 4) is 0 Å². The van der Waals surface area contributed by atoms with E-state index in [4.69, 9.17) is 18.0 Å². The van der Waals surface area contributed by atoms with Crippen molar-refractivity contribution >= 4 is 17.2 Å². The summed E-state index contributed by atoms with van der Waals surface area (Å²) in [4.78, 5) is 3.09. The first kappa shape index (κ1) is 10.9. The maximum absolute atomic E-state index is 5.42. The highest BCUT2D eigenvalue weighted by Gasteiger charge is 2.22. The zero-order chi connectivity index (χ0) is 9.68. The molecule has 1 saturated carbocycles. The van der Waals surface area contributed by atoms with Crippen molar-refractivity contribution in [3.05, 3.63) is 0 Å². The highest BCUT2D eigenvalue weighted by molar-refractivity contribution is 7.80. The first-order chi connectivity index (χ1) is 6.18. The van der Waals surface area contributed by atoms with Gasteiger partial charge in [0, 0.05) is 6.54 Å². The number of rotatable bonds is 7. The topological polar surface area (TPSA) is 29.3 Å².